The van der Waals surface area contributed by atoms with Crippen LogP contribution in [0.3, 0.4) is 0 Å². The largest absolute Gasteiger partial charge is 0.496 e. The number of H-pyrrole nitrogens is 1. The lowest BCUT2D eigenvalue weighted by molar-refractivity contribution is 0.412. The van der Waals surface area contributed by atoms with Crippen LogP contribution in [0.15, 0.2) is 18.3 Å². The molecule has 0 aliphatic heterocycles. The van der Waals surface area contributed by atoms with Crippen molar-refractivity contribution in [3.63, 3.8) is 0 Å². The van der Waals surface area contributed by atoms with E-state index in [-0.39, 0.29) is 0 Å². The summed E-state index contributed by atoms with van der Waals surface area (Å²) in [7, 11) is 1.70. The topological polar surface area (TPSA) is 25.0 Å². The summed E-state index contributed by atoms with van der Waals surface area (Å²) in [5, 5.41) is 1.28. The molecule has 0 radical (unpaired) electrons. The quantitative estimate of drug-likeness (QED) is 0.708. The average molecular weight is 175 g/mol. The van der Waals surface area contributed by atoms with E-state index in [4.69, 9.17) is 4.74 Å². The van der Waals surface area contributed by atoms with E-state index in [2.05, 4.69) is 31.0 Å². The maximum Gasteiger partial charge on any atom is 0.124 e. The third kappa shape index (κ3) is 1.10. The fraction of sp³-hybridized carbons (Fsp3) is 0.273. The number of aromatic nitrogens is 1. The molecule has 2 nitrogen and oxygen atoms in total. The Morgan fingerprint density at radius 1 is 1.31 bits per heavy atom. The van der Waals surface area contributed by atoms with Crippen LogP contribution in [0, 0.1) is 13.8 Å². The van der Waals surface area contributed by atoms with Gasteiger partial charge in [-0.2, -0.15) is 0 Å². The van der Waals surface area contributed by atoms with Gasteiger partial charge < -0.3 is 9.72 Å². The highest BCUT2D eigenvalue weighted by Gasteiger charge is 2.06. The van der Waals surface area contributed by atoms with Crippen LogP contribution in [0.5, 0.6) is 5.75 Å². The first-order valence-corrected chi connectivity index (χ1v) is 4.35. The van der Waals surface area contributed by atoms with Crippen LogP contribution >= 0.6 is 0 Å². The van der Waals surface area contributed by atoms with Gasteiger partial charge in [0, 0.05) is 17.1 Å². The maximum atomic E-state index is 5.28. The molecule has 0 spiro atoms. The van der Waals surface area contributed by atoms with Crippen LogP contribution < -0.4 is 4.74 Å². The smallest absolute Gasteiger partial charge is 0.124 e. The lowest BCUT2D eigenvalue weighted by Crippen LogP contribution is -1.89. The highest BCUT2D eigenvalue weighted by molar-refractivity contribution is 5.87. The highest BCUT2D eigenvalue weighted by Crippen LogP contribution is 2.28. The molecule has 1 aromatic heterocycles. The Morgan fingerprint density at radius 2 is 2.08 bits per heavy atom. The number of ether oxygens (including phenoxy) is 1. The van der Waals surface area contributed by atoms with E-state index in [0.717, 1.165) is 5.75 Å². The first-order valence-electron chi connectivity index (χ1n) is 4.35. The Kier molecular flexibility index (Phi) is 1.76. The zero-order valence-electron chi connectivity index (χ0n) is 8.14. The van der Waals surface area contributed by atoms with E-state index in [1.54, 1.807) is 7.11 Å². The number of hydrogen-bond acceptors (Lipinski definition) is 1. The van der Waals surface area contributed by atoms with E-state index in [1.165, 1.54) is 22.0 Å². The summed E-state index contributed by atoms with van der Waals surface area (Å²) in [6, 6.07) is 4.17. The fourth-order valence-electron chi connectivity index (χ4n) is 1.73. The first-order chi connectivity index (χ1) is 6.24. The Balaban J connectivity index is 2.85. The van der Waals surface area contributed by atoms with E-state index in [1.807, 2.05) is 6.20 Å². The van der Waals surface area contributed by atoms with Gasteiger partial charge in [-0.25, -0.2) is 0 Å². The van der Waals surface area contributed by atoms with Gasteiger partial charge in [-0.3, -0.25) is 0 Å². The summed E-state index contributed by atoms with van der Waals surface area (Å²) >= 11 is 0. The predicted molar refractivity (Wildman–Crippen MR) is 54.3 cm³/mol. The molecule has 2 heteroatoms. The molecular weight excluding hydrogens is 162 g/mol. The minimum atomic E-state index is 0.951. The number of aromatic amines is 1. The molecular formula is C11H13NO. The summed E-state index contributed by atoms with van der Waals surface area (Å²) < 4.78 is 5.28. The number of benzene rings is 1. The Bertz CT molecular complexity index is 443. The number of hydrogen-bond donors (Lipinski definition) is 1. The second-order valence-electron chi connectivity index (χ2n) is 3.29. The molecule has 0 saturated heterocycles. The number of methoxy groups -OCH3 is 1. The molecule has 0 aliphatic carbocycles. The SMILES string of the molecule is COc1cc(C)c2cc[nH]c2c1C. The number of nitrogens with one attached hydrogen (secondary N) is 1. The first kappa shape index (κ1) is 8.17. The van der Waals surface area contributed by atoms with Crippen LogP contribution in [-0.4, -0.2) is 12.1 Å². The van der Waals surface area contributed by atoms with Crippen LogP contribution in [-0.2, 0) is 0 Å². The molecule has 68 valence electrons. The zero-order valence-corrected chi connectivity index (χ0v) is 8.14. The third-order valence-electron chi connectivity index (χ3n) is 2.48. The Hall–Kier alpha value is -1.44. The van der Waals surface area contributed by atoms with Gasteiger partial charge in [0.05, 0.1) is 12.6 Å². The van der Waals surface area contributed by atoms with Crippen molar-refractivity contribution in [3.05, 3.63) is 29.5 Å². The Morgan fingerprint density at radius 3 is 2.77 bits per heavy atom. The van der Waals surface area contributed by atoms with E-state index < -0.39 is 0 Å². The molecule has 0 saturated carbocycles. The van der Waals surface area contributed by atoms with Crippen molar-refractivity contribution < 1.29 is 4.74 Å². The summed E-state index contributed by atoms with van der Waals surface area (Å²) in [4.78, 5) is 3.22. The van der Waals surface area contributed by atoms with E-state index in [9.17, 15) is 0 Å². The molecule has 0 fully saturated rings. The standard InChI is InChI=1S/C11H13NO/c1-7-6-10(13-3)8(2)11-9(7)4-5-12-11/h4-6,12H,1-3H3. The summed E-state index contributed by atoms with van der Waals surface area (Å²) in [5.41, 5.74) is 3.60. The average Bonchev–Trinajstić information content (AvgIpc) is 2.60. The molecule has 0 amide bonds. The number of fused-ring (bicyclic) bond motifs is 1. The van der Waals surface area contributed by atoms with Gasteiger partial charge in [-0.15, -0.1) is 0 Å². The van der Waals surface area contributed by atoms with Gasteiger partial charge in [0.1, 0.15) is 5.75 Å². The monoisotopic (exact) mass is 175 g/mol. The van der Waals surface area contributed by atoms with Gasteiger partial charge in [0.25, 0.3) is 0 Å². The molecule has 0 bridgehead atoms. The molecule has 1 aromatic carbocycles. The van der Waals surface area contributed by atoms with Gasteiger partial charge in [0.15, 0.2) is 0 Å². The molecule has 0 atom stereocenters. The van der Waals surface area contributed by atoms with Gasteiger partial charge in [-0.05, 0) is 31.5 Å². The molecule has 1 heterocycles. The minimum absolute atomic E-state index is 0.951. The summed E-state index contributed by atoms with van der Waals surface area (Å²) in [5.74, 6) is 0.951. The lowest BCUT2D eigenvalue weighted by atomic mass is 10.1. The molecule has 13 heavy (non-hydrogen) atoms. The van der Waals surface area contributed by atoms with Crippen molar-refractivity contribution in [3.8, 4) is 5.75 Å². The number of rotatable bonds is 1. The van der Waals surface area contributed by atoms with Crippen molar-refractivity contribution in [2.45, 2.75) is 13.8 Å². The predicted octanol–water partition coefficient (Wildman–Crippen LogP) is 2.79. The molecule has 0 aliphatic rings. The molecule has 2 aromatic rings. The van der Waals surface area contributed by atoms with Gasteiger partial charge >= 0.3 is 0 Å². The molecule has 2 rings (SSSR count). The normalized spacial score (nSPS) is 10.7. The molecule has 1 N–H and O–H groups in total. The second kappa shape index (κ2) is 2.80. The second-order valence-corrected chi connectivity index (χ2v) is 3.29. The van der Waals surface area contributed by atoms with E-state index >= 15 is 0 Å². The van der Waals surface area contributed by atoms with Gasteiger partial charge in [0.2, 0.25) is 0 Å². The van der Waals surface area contributed by atoms with Crippen molar-refractivity contribution in [2.75, 3.05) is 7.11 Å². The van der Waals surface area contributed by atoms with Crippen molar-refractivity contribution >= 4 is 10.9 Å². The van der Waals surface area contributed by atoms with Crippen LogP contribution in [0.25, 0.3) is 10.9 Å². The van der Waals surface area contributed by atoms with Crippen LogP contribution in [0.2, 0.25) is 0 Å². The van der Waals surface area contributed by atoms with Gasteiger partial charge in [-0.1, -0.05) is 0 Å². The Labute approximate surface area is 77.5 Å². The van der Waals surface area contributed by atoms with Crippen molar-refractivity contribution in [1.29, 1.82) is 0 Å². The lowest BCUT2D eigenvalue weighted by Gasteiger charge is -2.07. The molecule has 0 unspecified atom stereocenters. The fourth-order valence-corrected chi connectivity index (χ4v) is 1.73. The summed E-state index contributed by atoms with van der Waals surface area (Å²) in [6.45, 7) is 4.16. The highest BCUT2D eigenvalue weighted by atomic mass is 16.5. The maximum absolute atomic E-state index is 5.28. The number of aryl methyl sites for hydroxylation is 2. The van der Waals surface area contributed by atoms with Crippen molar-refractivity contribution in [1.82, 2.24) is 4.98 Å². The summed E-state index contributed by atoms with van der Waals surface area (Å²) in [6.07, 6.45) is 1.96. The third-order valence-corrected chi connectivity index (χ3v) is 2.48. The minimum Gasteiger partial charge on any atom is -0.496 e. The van der Waals surface area contributed by atoms with Crippen LogP contribution in [0.4, 0.5) is 0 Å². The zero-order chi connectivity index (χ0) is 9.42. The van der Waals surface area contributed by atoms with Crippen molar-refractivity contribution in [2.24, 2.45) is 0 Å². The van der Waals surface area contributed by atoms with E-state index in [0.29, 0.717) is 0 Å². The van der Waals surface area contributed by atoms with Crippen LogP contribution in [0.1, 0.15) is 11.1 Å².